The second kappa shape index (κ2) is 11.1. The fourth-order valence-electron chi connectivity index (χ4n) is 4.53. The van der Waals surface area contributed by atoms with Crippen LogP contribution >= 0.6 is 11.6 Å². The number of aromatic nitrogens is 2. The topological polar surface area (TPSA) is 101 Å². The Hall–Kier alpha value is -2.25. The molecule has 1 unspecified atom stereocenters. The fourth-order valence-corrected chi connectivity index (χ4v) is 5.94. The van der Waals surface area contributed by atoms with Crippen molar-refractivity contribution in [3.63, 3.8) is 0 Å². The predicted octanol–water partition coefficient (Wildman–Crippen LogP) is 4.56. The van der Waals surface area contributed by atoms with Crippen LogP contribution in [-0.2, 0) is 22.7 Å². The summed E-state index contributed by atoms with van der Waals surface area (Å²) in [6.07, 6.45) is -3.17. The lowest BCUT2D eigenvalue weighted by atomic mass is 9.84. The Bertz CT molecular complexity index is 1280. The molecular weight excluding hydrogens is 557 g/mol. The van der Waals surface area contributed by atoms with Crippen molar-refractivity contribution in [2.75, 3.05) is 12.8 Å². The van der Waals surface area contributed by atoms with E-state index in [0.717, 1.165) is 29.9 Å². The minimum Gasteiger partial charge on any atom is -0.388 e. The largest absolute Gasteiger partial charge is 0.391 e. The first-order valence-electron chi connectivity index (χ1n) is 12.0. The van der Waals surface area contributed by atoms with Gasteiger partial charge < -0.3 is 10.4 Å². The summed E-state index contributed by atoms with van der Waals surface area (Å²) in [7, 11) is -3.25. The van der Waals surface area contributed by atoms with Crippen molar-refractivity contribution in [2.24, 2.45) is 5.92 Å². The summed E-state index contributed by atoms with van der Waals surface area (Å²) in [4.78, 5) is 17.0. The van der Waals surface area contributed by atoms with Gasteiger partial charge in [-0.3, -0.25) is 9.36 Å². The van der Waals surface area contributed by atoms with Crippen LogP contribution in [0.5, 0.6) is 0 Å². The van der Waals surface area contributed by atoms with E-state index in [9.17, 15) is 31.5 Å². The third-order valence-electron chi connectivity index (χ3n) is 6.87. The first-order valence-corrected chi connectivity index (χ1v) is 14.3. The Morgan fingerprint density at radius 3 is 2.29 bits per heavy atom. The molecule has 1 atom stereocenters. The Kier molecular flexibility index (Phi) is 8.84. The molecule has 2 N–H and O–H groups in total. The average Bonchev–Trinajstić information content (AvgIpc) is 3.12. The third kappa shape index (κ3) is 6.66. The summed E-state index contributed by atoms with van der Waals surface area (Å²) >= 11 is 6.32. The molecule has 1 aliphatic rings. The molecule has 1 saturated carbocycles. The smallest absolute Gasteiger partial charge is 0.388 e. The van der Waals surface area contributed by atoms with Crippen LogP contribution in [0.15, 0.2) is 12.1 Å². The van der Waals surface area contributed by atoms with Crippen molar-refractivity contribution >= 4 is 27.3 Å². The summed E-state index contributed by atoms with van der Waals surface area (Å²) in [5.41, 5.74) is -2.58. The quantitative estimate of drug-likeness (QED) is 0.443. The van der Waals surface area contributed by atoms with E-state index in [-0.39, 0.29) is 55.7 Å². The van der Waals surface area contributed by atoms with Gasteiger partial charge in [0.05, 0.1) is 16.8 Å². The molecule has 0 bridgehead atoms. The number of benzene rings is 1. The number of sulfone groups is 1. The number of aliphatic hydroxyl groups is 1. The maximum atomic E-state index is 15.0. The predicted molar refractivity (Wildman–Crippen MR) is 131 cm³/mol. The Morgan fingerprint density at radius 1 is 1.26 bits per heavy atom. The van der Waals surface area contributed by atoms with Gasteiger partial charge in [-0.1, -0.05) is 25.4 Å². The van der Waals surface area contributed by atoms with Gasteiger partial charge >= 0.3 is 6.18 Å². The van der Waals surface area contributed by atoms with Crippen molar-refractivity contribution in [3.05, 3.63) is 46.0 Å². The molecule has 1 amide bonds. The molecule has 3 rings (SSSR count). The highest BCUT2D eigenvalue weighted by Crippen LogP contribution is 2.33. The second-order valence-corrected chi connectivity index (χ2v) is 12.5. The van der Waals surface area contributed by atoms with Crippen LogP contribution in [0.25, 0.3) is 5.69 Å². The molecule has 0 spiro atoms. The van der Waals surface area contributed by atoms with Gasteiger partial charge in [0.25, 0.3) is 5.91 Å². The minimum atomic E-state index is -4.53. The van der Waals surface area contributed by atoms with Gasteiger partial charge in [0, 0.05) is 19.2 Å². The third-order valence-corrected chi connectivity index (χ3v) is 8.90. The van der Waals surface area contributed by atoms with Crippen molar-refractivity contribution in [1.29, 1.82) is 0 Å². The van der Waals surface area contributed by atoms with E-state index >= 15 is 8.78 Å². The monoisotopic (exact) mass is 585 g/mol. The molecule has 2 aromatic rings. The zero-order valence-corrected chi connectivity index (χ0v) is 22.6. The second-order valence-electron chi connectivity index (χ2n) is 9.85. The van der Waals surface area contributed by atoms with Crippen LogP contribution in [0.3, 0.4) is 0 Å². The zero-order valence-electron chi connectivity index (χ0n) is 21.0. The van der Waals surface area contributed by atoms with Gasteiger partial charge in [0.15, 0.2) is 17.3 Å². The summed E-state index contributed by atoms with van der Waals surface area (Å²) in [6, 6.07) is 1.58. The Labute approximate surface area is 222 Å². The summed E-state index contributed by atoms with van der Waals surface area (Å²) < 4.78 is 93.0. The van der Waals surface area contributed by atoms with Gasteiger partial charge in [-0.2, -0.15) is 13.2 Å². The van der Waals surface area contributed by atoms with Crippen LogP contribution in [0.2, 0.25) is 5.15 Å². The normalized spacial score (nSPS) is 21.4. The molecule has 1 heterocycles. The SMILES string of the molecule is CCc1nc(C(=O)NC[C@]2(O)CC[C@@H](S(C)(=O)=O)CC2)c(Cl)n1-c1c(F)cc(CC(C)C(F)(F)F)cc1F. The number of nitrogens with one attached hydrogen (secondary N) is 1. The number of hydrogen-bond donors (Lipinski definition) is 2. The molecule has 0 aliphatic heterocycles. The standard InChI is InChI=1S/C24H29ClF5N3O4S/c1-4-18-32-19(22(34)31-12-23(35)7-5-15(6-8-23)38(3,36)37)21(25)33(18)20-16(26)10-14(11-17(20)27)9-13(2)24(28,29)30/h10-11,13,15,35H,4-9,12H2,1-3H3,(H,31,34)/t13?,15-,23+. The van der Waals surface area contributed by atoms with Gasteiger partial charge in [-0.25, -0.2) is 22.2 Å². The summed E-state index contributed by atoms with van der Waals surface area (Å²) in [5, 5.41) is 12.3. The molecule has 0 saturated heterocycles. The van der Waals surface area contributed by atoms with Crippen LogP contribution in [-0.4, -0.2) is 58.8 Å². The molecular formula is C24H29ClF5N3O4S. The number of imidazole rings is 1. The maximum Gasteiger partial charge on any atom is 0.391 e. The summed E-state index contributed by atoms with van der Waals surface area (Å²) in [6.45, 7) is 2.29. The van der Waals surface area contributed by atoms with Crippen molar-refractivity contribution in [1.82, 2.24) is 14.9 Å². The molecule has 7 nitrogen and oxygen atoms in total. The van der Waals surface area contributed by atoms with Crippen LogP contribution < -0.4 is 5.32 Å². The van der Waals surface area contributed by atoms with E-state index in [1.165, 1.54) is 0 Å². The Balaban J connectivity index is 1.82. The van der Waals surface area contributed by atoms with Gasteiger partial charge in [-0.05, 0) is 49.8 Å². The van der Waals surface area contributed by atoms with E-state index in [1.807, 2.05) is 0 Å². The van der Waals surface area contributed by atoms with E-state index in [4.69, 9.17) is 11.6 Å². The number of carbonyl (C=O) groups is 1. The van der Waals surface area contributed by atoms with Crippen molar-refractivity contribution in [3.8, 4) is 5.69 Å². The number of amides is 1. The van der Waals surface area contributed by atoms with E-state index in [1.54, 1.807) is 6.92 Å². The molecule has 14 heteroatoms. The zero-order chi connectivity index (χ0) is 28.6. The molecule has 212 valence electrons. The molecule has 0 radical (unpaired) electrons. The molecule has 1 fully saturated rings. The lowest BCUT2D eigenvalue weighted by molar-refractivity contribution is -0.169. The number of carbonyl (C=O) groups excluding carboxylic acids is 1. The molecule has 1 aromatic carbocycles. The van der Waals surface area contributed by atoms with Crippen LogP contribution in [0.4, 0.5) is 22.0 Å². The number of aryl methyl sites for hydroxylation is 1. The van der Waals surface area contributed by atoms with Gasteiger partial charge in [-0.15, -0.1) is 0 Å². The Morgan fingerprint density at radius 2 is 1.82 bits per heavy atom. The van der Waals surface area contributed by atoms with Crippen molar-refractivity contribution in [2.45, 2.75) is 69.4 Å². The lowest BCUT2D eigenvalue weighted by Crippen LogP contribution is -2.47. The summed E-state index contributed by atoms with van der Waals surface area (Å²) in [5.74, 6) is -4.96. The average molecular weight is 586 g/mol. The maximum absolute atomic E-state index is 15.0. The van der Waals surface area contributed by atoms with E-state index < -0.39 is 67.6 Å². The molecule has 1 aromatic heterocycles. The van der Waals surface area contributed by atoms with Crippen LogP contribution in [0, 0.1) is 17.6 Å². The number of hydrogen-bond acceptors (Lipinski definition) is 5. The fraction of sp³-hybridized carbons (Fsp3) is 0.583. The van der Waals surface area contributed by atoms with E-state index in [2.05, 4.69) is 10.3 Å². The highest BCUT2D eigenvalue weighted by Gasteiger charge is 2.38. The number of halogens is 6. The molecule has 38 heavy (non-hydrogen) atoms. The van der Waals surface area contributed by atoms with Crippen molar-refractivity contribution < 1.29 is 40.3 Å². The highest BCUT2D eigenvalue weighted by atomic mass is 35.5. The van der Waals surface area contributed by atoms with Gasteiger partial charge in [0.2, 0.25) is 0 Å². The number of rotatable bonds is 8. The first-order chi connectivity index (χ1) is 17.5. The lowest BCUT2D eigenvalue weighted by Gasteiger charge is -2.35. The van der Waals surface area contributed by atoms with Gasteiger partial charge in [0.1, 0.15) is 26.5 Å². The minimum absolute atomic E-state index is 0.0294. The number of nitrogens with zero attached hydrogens (tertiary/aromatic N) is 2. The van der Waals surface area contributed by atoms with E-state index in [0.29, 0.717) is 0 Å². The first kappa shape index (κ1) is 30.3. The molecule has 1 aliphatic carbocycles. The number of alkyl halides is 3. The highest BCUT2D eigenvalue weighted by molar-refractivity contribution is 7.91. The van der Waals surface area contributed by atoms with Crippen LogP contribution in [0.1, 0.15) is 61.4 Å².